The van der Waals surface area contributed by atoms with Gasteiger partial charge < -0.3 is 20.5 Å². The van der Waals surface area contributed by atoms with Crippen molar-refractivity contribution in [3.05, 3.63) is 28.2 Å². The van der Waals surface area contributed by atoms with Crippen LogP contribution in [0.15, 0.2) is 23.2 Å². The smallest absolute Gasteiger partial charge is 0.190 e. The number of guanidine groups is 1. The highest BCUT2D eigenvalue weighted by Gasteiger charge is 2.09. The van der Waals surface area contributed by atoms with Crippen molar-refractivity contribution < 1.29 is 9.84 Å². The summed E-state index contributed by atoms with van der Waals surface area (Å²) in [4.78, 5) is 3.93. The van der Waals surface area contributed by atoms with Gasteiger partial charge in [0.1, 0.15) is 23.5 Å². The molecule has 1 atom stereocenters. The Hall–Kier alpha value is -0.440. The Kier molecular flexibility index (Phi) is 10.1. The average Bonchev–Trinajstić information content (AvgIpc) is 2.41. The molecule has 0 heterocycles. The molecule has 0 spiro atoms. The van der Waals surface area contributed by atoms with E-state index in [9.17, 15) is 5.11 Å². The van der Waals surface area contributed by atoms with Crippen LogP contribution >= 0.6 is 47.2 Å². The molecule has 0 saturated carbocycles. The monoisotopic (exact) mass is 433 g/mol. The van der Waals surface area contributed by atoms with Crippen molar-refractivity contribution in [2.24, 2.45) is 4.99 Å². The number of halogens is 3. The van der Waals surface area contributed by atoms with E-state index in [2.05, 4.69) is 15.6 Å². The maximum atomic E-state index is 9.76. The third-order valence-electron chi connectivity index (χ3n) is 2.31. The van der Waals surface area contributed by atoms with Crippen molar-refractivity contribution in [1.29, 1.82) is 0 Å². The number of nitrogens with zero attached hydrogens (tertiary/aromatic N) is 1. The minimum atomic E-state index is -0.694. The van der Waals surface area contributed by atoms with Gasteiger partial charge in [0.25, 0.3) is 0 Å². The number of aliphatic hydroxyl groups excluding tert-OH is 1. The molecular formula is C12H18Cl2IN3O2. The van der Waals surface area contributed by atoms with Crippen LogP contribution < -0.4 is 15.4 Å². The number of nitrogens with one attached hydrogen (secondary N) is 2. The van der Waals surface area contributed by atoms with Crippen LogP contribution in [0.5, 0.6) is 5.75 Å². The van der Waals surface area contributed by atoms with E-state index in [1.807, 2.05) is 0 Å². The number of benzene rings is 1. The molecule has 114 valence electrons. The van der Waals surface area contributed by atoms with Crippen LogP contribution in [0, 0.1) is 0 Å². The van der Waals surface area contributed by atoms with Gasteiger partial charge in [-0.15, -0.1) is 24.0 Å². The lowest BCUT2D eigenvalue weighted by molar-refractivity contribution is 0.110. The molecule has 0 aliphatic heterocycles. The van der Waals surface area contributed by atoms with Gasteiger partial charge in [-0.25, -0.2) is 0 Å². The molecule has 1 unspecified atom stereocenters. The van der Waals surface area contributed by atoms with Crippen LogP contribution in [0.2, 0.25) is 10.0 Å². The fourth-order valence-corrected chi connectivity index (χ4v) is 1.68. The number of hydrogen-bond acceptors (Lipinski definition) is 3. The summed E-state index contributed by atoms with van der Waals surface area (Å²) in [6.45, 7) is 0.416. The molecule has 0 bridgehead atoms. The van der Waals surface area contributed by atoms with Crippen molar-refractivity contribution in [2.75, 3.05) is 27.2 Å². The summed E-state index contributed by atoms with van der Waals surface area (Å²) in [5.74, 6) is 1.05. The molecule has 20 heavy (non-hydrogen) atoms. The molecule has 0 aliphatic carbocycles. The zero-order valence-corrected chi connectivity index (χ0v) is 15.0. The van der Waals surface area contributed by atoms with Crippen LogP contribution in [-0.2, 0) is 0 Å². The third-order valence-corrected chi connectivity index (χ3v) is 3.11. The molecule has 0 radical (unpaired) electrons. The first kappa shape index (κ1) is 19.6. The van der Waals surface area contributed by atoms with Gasteiger partial charge in [-0.1, -0.05) is 29.3 Å². The second kappa shape index (κ2) is 10.3. The molecule has 1 aromatic rings. The Morgan fingerprint density at radius 1 is 1.45 bits per heavy atom. The minimum Gasteiger partial charge on any atom is -0.489 e. The zero-order chi connectivity index (χ0) is 14.3. The first-order valence-corrected chi connectivity index (χ1v) is 6.47. The maximum Gasteiger partial charge on any atom is 0.190 e. The second-order valence-corrected chi connectivity index (χ2v) is 4.51. The van der Waals surface area contributed by atoms with E-state index in [0.29, 0.717) is 28.3 Å². The molecule has 0 saturated heterocycles. The molecule has 5 nitrogen and oxygen atoms in total. The largest absolute Gasteiger partial charge is 0.489 e. The van der Waals surface area contributed by atoms with Crippen LogP contribution in [0.1, 0.15) is 0 Å². The number of rotatable bonds is 5. The summed E-state index contributed by atoms with van der Waals surface area (Å²) in [6.07, 6.45) is -0.694. The topological polar surface area (TPSA) is 65.9 Å². The molecule has 1 rings (SSSR count). The van der Waals surface area contributed by atoms with E-state index < -0.39 is 6.10 Å². The van der Waals surface area contributed by atoms with E-state index in [1.54, 1.807) is 32.3 Å². The van der Waals surface area contributed by atoms with E-state index in [-0.39, 0.29) is 30.6 Å². The normalized spacial score (nSPS) is 12.3. The molecule has 0 amide bonds. The molecule has 1 aromatic carbocycles. The van der Waals surface area contributed by atoms with E-state index in [0.717, 1.165) is 0 Å². The van der Waals surface area contributed by atoms with E-state index in [1.165, 1.54) is 0 Å². The zero-order valence-electron chi connectivity index (χ0n) is 11.2. The average molecular weight is 434 g/mol. The number of hydrogen-bond donors (Lipinski definition) is 3. The van der Waals surface area contributed by atoms with Crippen LogP contribution in [0.3, 0.4) is 0 Å². The summed E-state index contributed by atoms with van der Waals surface area (Å²) >= 11 is 11.8. The summed E-state index contributed by atoms with van der Waals surface area (Å²) in [7, 11) is 3.39. The molecule has 0 aromatic heterocycles. The molecule has 8 heteroatoms. The fourth-order valence-electron chi connectivity index (χ4n) is 1.33. The standard InChI is InChI=1S/C12H17Cl2N3O2.HI/c1-15-12(16-2)17-6-8(18)7-19-10-5-3-4-9(13)11(10)14;/h3-5,8,18H,6-7H2,1-2H3,(H2,15,16,17);1H. The fraction of sp³-hybridized carbons (Fsp3) is 0.417. The van der Waals surface area contributed by atoms with Gasteiger partial charge in [-0.2, -0.15) is 0 Å². The van der Waals surface area contributed by atoms with Crippen molar-refractivity contribution in [3.63, 3.8) is 0 Å². The summed E-state index contributed by atoms with van der Waals surface area (Å²) < 4.78 is 5.41. The number of aliphatic hydroxyl groups is 1. The predicted octanol–water partition coefficient (Wildman–Crippen LogP) is 2.15. The SMILES string of the molecule is CN=C(NC)NCC(O)COc1cccc(Cl)c1Cl.I. The van der Waals surface area contributed by atoms with Crippen molar-refractivity contribution in [2.45, 2.75) is 6.10 Å². The lowest BCUT2D eigenvalue weighted by Crippen LogP contribution is -2.41. The molecular weight excluding hydrogens is 416 g/mol. The van der Waals surface area contributed by atoms with E-state index >= 15 is 0 Å². The van der Waals surface area contributed by atoms with Crippen LogP contribution in [0.4, 0.5) is 0 Å². The van der Waals surface area contributed by atoms with E-state index in [4.69, 9.17) is 27.9 Å². The highest BCUT2D eigenvalue weighted by Crippen LogP contribution is 2.31. The summed E-state index contributed by atoms with van der Waals surface area (Å²) in [5.41, 5.74) is 0. The second-order valence-electron chi connectivity index (χ2n) is 3.72. The molecule has 0 fully saturated rings. The summed E-state index contributed by atoms with van der Waals surface area (Å²) in [5, 5.41) is 16.3. The van der Waals surface area contributed by atoms with Crippen LogP contribution in [0.25, 0.3) is 0 Å². The highest BCUT2D eigenvalue weighted by molar-refractivity contribution is 14.0. The highest BCUT2D eigenvalue weighted by atomic mass is 127. The first-order valence-electron chi connectivity index (χ1n) is 5.71. The van der Waals surface area contributed by atoms with Gasteiger partial charge in [-0.05, 0) is 12.1 Å². The number of aliphatic imine (C=N–C) groups is 1. The lowest BCUT2D eigenvalue weighted by Gasteiger charge is -2.15. The van der Waals surface area contributed by atoms with Crippen molar-refractivity contribution >= 4 is 53.1 Å². The van der Waals surface area contributed by atoms with Gasteiger partial charge in [0.05, 0.1) is 5.02 Å². The molecule has 0 aliphatic rings. The predicted molar refractivity (Wildman–Crippen MR) is 93.8 cm³/mol. The quantitative estimate of drug-likeness (QED) is 0.378. The van der Waals surface area contributed by atoms with Crippen LogP contribution in [-0.4, -0.2) is 44.4 Å². The van der Waals surface area contributed by atoms with Crippen molar-refractivity contribution in [1.82, 2.24) is 10.6 Å². The first-order chi connectivity index (χ1) is 9.08. The maximum absolute atomic E-state index is 9.76. The Labute approximate surface area is 145 Å². The van der Waals surface area contributed by atoms with Gasteiger partial charge in [0.2, 0.25) is 0 Å². The Balaban J connectivity index is 0.00000361. The van der Waals surface area contributed by atoms with Gasteiger partial charge in [-0.3, -0.25) is 4.99 Å². The Bertz CT molecular complexity index is 447. The third kappa shape index (κ3) is 6.34. The summed E-state index contributed by atoms with van der Waals surface area (Å²) in [6, 6.07) is 5.10. The van der Waals surface area contributed by atoms with Gasteiger partial charge in [0, 0.05) is 20.6 Å². The van der Waals surface area contributed by atoms with Crippen molar-refractivity contribution in [3.8, 4) is 5.75 Å². The Morgan fingerprint density at radius 2 is 2.15 bits per heavy atom. The minimum absolute atomic E-state index is 0. The van der Waals surface area contributed by atoms with Gasteiger partial charge >= 0.3 is 0 Å². The van der Waals surface area contributed by atoms with Gasteiger partial charge in [0.15, 0.2) is 5.96 Å². The lowest BCUT2D eigenvalue weighted by atomic mass is 10.3. The number of ether oxygens (including phenoxy) is 1. The molecule has 3 N–H and O–H groups in total. The Morgan fingerprint density at radius 3 is 2.75 bits per heavy atom.